The molecule has 18 heavy (non-hydrogen) atoms. The predicted octanol–water partition coefficient (Wildman–Crippen LogP) is 2.87. The smallest absolute Gasteiger partial charge is 0.206 e. The molecule has 2 rings (SSSR count). The van der Waals surface area contributed by atoms with Crippen LogP contribution in [0.15, 0.2) is 41.5 Å². The molecule has 2 aromatic rings. The van der Waals surface area contributed by atoms with Crippen LogP contribution in [0.25, 0.3) is 0 Å². The van der Waals surface area contributed by atoms with Gasteiger partial charge in [0.25, 0.3) is 0 Å². The molecule has 2 heterocycles. The predicted molar refractivity (Wildman–Crippen MR) is 77.3 cm³/mol. The highest BCUT2D eigenvalue weighted by molar-refractivity contribution is 8.01. The summed E-state index contributed by atoms with van der Waals surface area (Å²) in [5, 5.41) is 12.2. The summed E-state index contributed by atoms with van der Waals surface area (Å²) in [7, 11) is 0. The van der Waals surface area contributed by atoms with E-state index in [1.807, 2.05) is 24.5 Å². The highest BCUT2D eigenvalue weighted by Crippen LogP contribution is 2.25. The maximum atomic E-state index is 4.12. The van der Waals surface area contributed by atoms with Gasteiger partial charge in [-0.2, -0.15) is 0 Å². The first-order valence-corrected chi connectivity index (χ1v) is 7.38. The van der Waals surface area contributed by atoms with Crippen molar-refractivity contribution in [1.82, 2.24) is 15.2 Å². The zero-order chi connectivity index (χ0) is 12.6. The molecule has 1 N–H and O–H groups in total. The summed E-state index contributed by atoms with van der Waals surface area (Å²) in [6.07, 6.45) is 6.46. The van der Waals surface area contributed by atoms with Gasteiger partial charge >= 0.3 is 0 Å². The van der Waals surface area contributed by atoms with Gasteiger partial charge in [0.15, 0.2) is 4.34 Å². The van der Waals surface area contributed by atoms with Crippen molar-refractivity contribution in [3.8, 4) is 0 Å². The van der Waals surface area contributed by atoms with Crippen LogP contribution in [-0.4, -0.2) is 27.5 Å². The zero-order valence-electron chi connectivity index (χ0n) is 9.87. The lowest BCUT2D eigenvalue weighted by Gasteiger charge is -1.98. The molecule has 0 aliphatic rings. The molecular weight excluding hydrogens is 264 g/mol. The number of rotatable bonds is 7. The van der Waals surface area contributed by atoms with E-state index in [0.29, 0.717) is 0 Å². The molecule has 2 aromatic heterocycles. The van der Waals surface area contributed by atoms with E-state index in [2.05, 4.69) is 27.1 Å². The van der Waals surface area contributed by atoms with Gasteiger partial charge in [-0.25, -0.2) is 0 Å². The van der Waals surface area contributed by atoms with Crippen LogP contribution in [-0.2, 0) is 6.42 Å². The molecule has 0 aliphatic carbocycles. The fraction of sp³-hybridized carbons (Fsp3) is 0.250. The van der Waals surface area contributed by atoms with E-state index in [1.54, 1.807) is 29.2 Å². The number of aromatic nitrogens is 3. The summed E-state index contributed by atoms with van der Waals surface area (Å²) in [6, 6.07) is 4.08. The Morgan fingerprint density at radius 2 is 2.17 bits per heavy atom. The highest BCUT2D eigenvalue weighted by Gasteiger charge is 2.03. The van der Waals surface area contributed by atoms with Crippen molar-refractivity contribution in [3.05, 3.63) is 42.7 Å². The summed E-state index contributed by atoms with van der Waals surface area (Å²) in [5.74, 6) is 1.00. The summed E-state index contributed by atoms with van der Waals surface area (Å²) >= 11 is 3.31. The van der Waals surface area contributed by atoms with E-state index in [9.17, 15) is 0 Å². The fourth-order valence-corrected chi connectivity index (χ4v) is 3.12. The maximum absolute atomic E-state index is 4.12. The van der Waals surface area contributed by atoms with Gasteiger partial charge in [0.2, 0.25) is 5.13 Å². The third-order valence-electron chi connectivity index (χ3n) is 2.17. The molecule has 0 saturated heterocycles. The lowest BCUT2D eigenvalue weighted by Crippen LogP contribution is -1.96. The van der Waals surface area contributed by atoms with E-state index >= 15 is 0 Å². The molecule has 0 bridgehead atoms. The molecule has 4 nitrogen and oxygen atoms in total. The van der Waals surface area contributed by atoms with Crippen LogP contribution in [0.2, 0.25) is 0 Å². The maximum Gasteiger partial charge on any atom is 0.206 e. The Hall–Kier alpha value is -1.40. The van der Waals surface area contributed by atoms with E-state index in [1.165, 1.54) is 5.56 Å². The lowest BCUT2D eigenvalue weighted by molar-refractivity contribution is 1.00. The monoisotopic (exact) mass is 278 g/mol. The van der Waals surface area contributed by atoms with Crippen LogP contribution >= 0.6 is 23.1 Å². The van der Waals surface area contributed by atoms with Gasteiger partial charge in [0, 0.05) is 24.7 Å². The van der Waals surface area contributed by atoms with E-state index in [0.717, 1.165) is 28.2 Å². The van der Waals surface area contributed by atoms with Crippen molar-refractivity contribution in [2.24, 2.45) is 0 Å². The Morgan fingerprint density at radius 3 is 2.94 bits per heavy atom. The third kappa shape index (κ3) is 4.12. The van der Waals surface area contributed by atoms with Crippen molar-refractivity contribution in [3.63, 3.8) is 0 Å². The van der Waals surface area contributed by atoms with Crippen LogP contribution in [0.4, 0.5) is 5.13 Å². The fourth-order valence-electron chi connectivity index (χ4n) is 1.30. The number of thioether (sulfide) groups is 1. The van der Waals surface area contributed by atoms with Crippen molar-refractivity contribution in [1.29, 1.82) is 0 Å². The molecule has 0 atom stereocenters. The van der Waals surface area contributed by atoms with Crippen molar-refractivity contribution in [2.75, 3.05) is 17.6 Å². The quantitative estimate of drug-likeness (QED) is 0.623. The average Bonchev–Trinajstić information content (AvgIpc) is 2.85. The van der Waals surface area contributed by atoms with Crippen LogP contribution in [0.5, 0.6) is 0 Å². The minimum Gasteiger partial charge on any atom is -0.357 e. The van der Waals surface area contributed by atoms with Crippen LogP contribution in [0, 0.1) is 0 Å². The van der Waals surface area contributed by atoms with Crippen molar-refractivity contribution < 1.29 is 0 Å². The molecule has 0 amide bonds. The van der Waals surface area contributed by atoms with Crippen molar-refractivity contribution in [2.45, 2.75) is 10.8 Å². The second-order valence-corrected chi connectivity index (χ2v) is 5.82. The van der Waals surface area contributed by atoms with Crippen molar-refractivity contribution >= 4 is 28.2 Å². The molecule has 0 aliphatic heterocycles. The normalized spacial score (nSPS) is 10.2. The van der Waals surface area contributed by atoms with Gasteiger partial charge in [0.05, 0.1) is 0 Å². The SMILES string of the molecule is C=CCNc1nnc(SCCc2ccncc2)s1. The topological polar surface area (TPSA) is 50.7 Å². The Balaban J connectivity index is 1.76. The van der Waals surface area contributed by atoms with Crippen LogP contribution < -0.4 is 5.32 Å². The summed E-state index contributed by atoms with van der Waals surface area (Å²) < 4.78 is 0.996. The summed E-state index contributed by atoms with van der Waals surface area (Å²) in [4.78, 5) is 4.00. The first-order valence-electron chi connectivity index (χ1n) is 5.58. The van der Waals surface area contributed by atoms with Crippen LogP contribution in [0.1, 0.15) is 5.56 Å². The molecule has 6 heteroatoms. The Bertz CT molecular complexity index is 484. The number of pyridine rings is 1. The Morgan fingerprint density at radius 1 is 1.33 bits per heavy atom. The van der Waals surface area contributed by atoms with Gasteiger partial charge in [-0.3, -0.25) is 4.98 Å². The summed E-state index contributed by atoms with van der Waals surface area (Å²) in [6.45, 7) is 4.37. The number of nitrogens with zero attached hydrogens (tertiary/aromatic N) is 3. The number of anilines is 1. The third-order valence-corrected chi connectivity index (χ3v) is 4.19. The number of hydrogen-bond donors (Lipinski definition) is 1. The molecule has 0 fully saturated rings. The molecule has 0 aromatic carbocycles. The average molecular weight is 278 g/mol. The van der Waals surface area contributed by atoms with Gasteiger partial charge in [-0.1, -0.05) is 29.2 Å². The first kappa shape index (κ1) is 13.0. The molecular formula is C12H14N4S2. The van der Waals surface area contributed by atoms with E-state index in [-0.39, 0.29) is 0 Å². The minimum atomic E-state index is 0.719. The molecule has 0 unspecified atom stereocenters. The molecule has 0 spiro atoms. The number of aryl methyl sites for hydroxylation is 1. The van der Waals surface area contributed by atoms with Gasteiger partial charge in [-0.15, -0.1) is 16.8 Å². The van der Waals surface area contributed by atoms with E-state index in [4.69, 9.17) is 0 Å². The van der Waals surface area contributed by atoms with E-state index < -0.39 is 0 Å². The summed E-state index contributed by atoms with van der Waals surface area (Å²) in [5.41, 5.74) is 1.30. The highest BCUT2D eigenvalue weighted by atomic mass is 32.2. The lowest BCUT2D eigenvalue weighted by atomic mass is 10.2. The largest absolute Gasteiger partial charge is 0.357 e. The Kier molecular flexibility index (Phi) is 5.16. The van der Waals surface area contributed by atoms with Gasteiger partial charge in [-0.05, 0) is 24.1 Å². The molecule has 0 saturated carbocycles. The second kappa shape index (κ2) is 7.13. The zero-order valence-corrected chi connectivity index (χ0v) is 11.5. The minimum absolute atomic E-state index is 0.719. The first-order chi connectivity index (χ1) is 8.88. The van der Waals surface area contributed by atoms with Gasteiger partial charge < -0.3 is 5.32 Å². The Labute approximate surface area is 115 Å². The molecule has 0 radical (unpaired) electrons. The van der Waals surface area contributed by atoms with Gasteiger partial charge in [0.1, 0.15) is 0 Å². The number of hydrogen-bond acceptors (Lipinski definition) is 6. The number of nitrogens with one attached hydrogen (secondary N) is 1. The second-order valence-electron chi connectivity index (χ2n) is 3.50. The standard InChI is InChI=1S/C12H14N4S2/c1-2-6-14-11-15-16-12(18-11)17-9-5-10-3-7-13-8-4-10/h2-4,7-8H,1,5-6,9H2,(H,14,15). The van der Waals surface area contributed by atoms with Crippen LogP contribution in [0.3, 0.4) is 0 Å². The molecule has 94 valence electrons.